The largest absolute Gasteiger partial charge is 0.342 e. The predicted octanol–water partition coefficient (Wildman–Crippen LogP) is 3.35. The van der Waals surface area contributed by atoms with Crippen molar-refractivity contribution in [3.8, 4) is 11.4 Å². The van der Waals surface area contributed by atoms with Crippen molar-refractivity contribution in [3.63, 3.8) is 0 Å². The second kappa shape index (κ2) is 7.64. The summed E-state index contributed by atoms with van der Waals surface area (Å²) in [6, 6.07) is 10.3. The van der Waals surface area contributed by atoms with Crippen molar-refractivity contribution in [1.29, 1.82) is 0 Å². The van der Waals surface area contributed by atoms with Crippen LogP contribution < -0.4 is 0 Å². The van der Waals surface area contributed by atoms with Crippen LogP contribution in [0.4, 0.5) is 0 Å². The molecule has 6 heteroatoms. The van der Waals surface area contributed by atoms with Crippen LogP contribution in [-0.2, 0) is 4.79 Å². The van der Waals surface area contributed by atoms with Crippen molar-refractivity contribution in [3.05, 3.63) is 30.3 Å². The lowest BCUT2D eigenvalue weighted by Gasteiger charge is -2.31. The summed E-state index contributed by atoms with van der Waals surface area (Å²) in [5.41, 5.74) is 0.998. The van der Waals surface area contributed by atoms with Crippen molar-refractivity contribution in [2.75, 3.05) is 12.8 Å². The molecule has 0 aliphatic heterocycles. The molecule has 0 unspecified atom stereocenters. The molecule has 1 aromatic heterocycles. The summed E-state index contributed by atoms with van der Waals surface area (Å²) in [6.45, 7) is 0. The van der Waals surface area contributed by atoms with E-state index in [-0.39, 0.29) is 5.91 Å². The van der Waals surface area contributed by atoms with Crippen LogP contribution in [0.15, 0.2) is 35.5 Å². The molecule has 2 aromatic rings. The number of hydrogen-bond donors (Lipinski definition) is 1. The van der Waals surface area contributed by atoms with Gasteiger partial charge in [-0.15, -0.1) is 5.10 Å². The zero-order chi connectivity index (χ0) is 16.1. The second-order valence-corrected chi connectivity index (χ2v) is 6.86. The van der Waals surface area contributed by atoms with Gasteiger partial charge in [0.15, 0.2) is 5.82 Å². The van der Waals surface area contributed by atoms with E-state index in [9.17, 15) is 4.79 Å². The Morgan fingerprint density at radius 2 is 2.00 bits per heavy atom. The van der Waals surface area contributed by atoms with Gasteiger partial charge in [-0.1, -0.05) is 61.4 Å². The van der Waals surface area contributed by atoms with Crippen LogP contribution in [0, 0.1) is 0 Å². The number of aromatic amines is 1. The highest BCUT2D eigenvalue weighted by atomic mass is 32.2. The van der Waals surface area contributed by atoms with Crippen LogP contribution >= 0.6 is 11.8 Å². The van der Waals surface area contributed by atoms with Crippen molar-refractivity contribution < 1.29 is 4.79 Å². The third kappa shape index (κ3) is 4.13. The maximum absolute atomic E-state index is 12.3. The maximum atomic E-state index is 12.3. The normalized spacial score (nSPS) is 15.5. The van der Waals surface area contributed by atoms with Crippen molar-refractivity contribution in [1.82, 2.24) is 20.1 Å². The highest BCUT2D eigenvalue weighted by Crippen LogP contribution is 2.23. The fourth-order valence-corrected chi connectivity index (χ4v) is 3.66. The molecule has 1 amide bonds. The second-order valence-electron chi connectivity index (χ2n) is 5.92. The molecule has 1 heterocycles. The zero-order valence-electron chi connectivity index (χ0n) is 13.4. The molecule has 0 radical (unpaired) electrons. The van der Waals surface area contributed by atoms with Crippen LogP contribution in [0.25, 0.3) is 11.4 Å². The molecule has 1 aliphatic rings. The molecule has 0 atom stereocenters. The van der Waals surface area contributed by atoms with Gasteiger partial charge in [0, 0.05) is 18.7 Å². The SMILES string of the molecule is CN(C(=O)CSc1n[nH]c(-c2ccccc2)n1)C1CCCCC1. The van der Waals surface area contributed by atoms with Gasteiger partial charge in [0.2, 0.25) is 11.1 Å². The first-order valence-corrected chi connectivity index (χ1v) is 9.09. The van der Waals surface area contributed by atoms with E-state index in [0.717, 1.165) is 24.2 Å². The van der Waals surface area contributed by atoms with Gasteiger partial charge in [-0.25, -0.2) is 4.98 Å². The molecule has 1 saturated carbocycles. The van der Waals surface area contributed by atoms with E-state index < -0.39 is 0 Å². The zero-order valence-corrected chi connectivity index (χ0v) is 14.2. The molecule has 0 spiro atoms. The van der Waals surface area contributed by atoms with E-state index >= 15 is 0 Å². The average Bonchev–Trinajstić information content (AvgIpc) is 3.09. The molecule has 122 valence electrons. The molecule has 3 rings (SSSR count). The average molecular weight is 330 g/mol. The van der Waals surface area contributed by atoms with Crippen molar-refractivity contribution in [2.24, 2.45) is 0 Å². The van der Waals surface area contributed by atoms with E-state index in [2.05, 4.69) is 15.2 Å². The number of rotatable bonds is 5. The molecule has 23 heavy (non-hydrogen) atoms. The van der Waals surface area contributed by atoms with Gasteiger partial charge in [0.25, 0.3) is 0 Å². The molecule has 1 N–H and O–H groups in total. The Hall–Kier alpha value is -1.82. The smallest absolute Gasteiger partial charge is 0.233 e. The van der Waals surface area contributed by atoms with E-state index in [4.69, 9.17) is 0 Å². The number of carbonyl (C=O) groups excluding carboxylic acids is 1. The summed E-state index contributed by atoms with van der Waals surface area (Å²) >= 11 is 1.39. The Morgan fingerprint density at radius 3 is 2.74 bits per heavy atom. The van der Waals surface area contributed by atoms with Crippen molar-refractivity contribution in [2.45, 2.75) is 43.3 Å². The summed E-state index contributed by atoms with van der Waals surface area (Å²) in [5.74, 6) is 1.29. The minimum Gasteiger partial charge on any atom is -0.342 e. The maximum Gasteiger partial charge on any atom is 0.233 e. The van der Waals surface area contributed by atoms with Crippen molar-refractivity contribution >= 4 is 17.7 Å². The molecular weight excluding hydrogens is 308 g/mol. The quantitative estimate of drug-likeness (QED) is 0.854. The Labute approximate surface area is 140 Å². The Bertz CT molecular complexity index is 637. The van der Waals surface area contributed by atoms with Crippen LogP contribution in [0.1, 0.15) is 32.1 Å². The minimum absolute atomic E-state index is 0.160. The number of carbonyl (C=O) groups is 1. The molecule has 0 bridgehead atoms. The standard InChI is InChI=1S/C17H22N4OS/c1-21(14-10-6-3-7-11-14)15(22)12-23-17-18-16(19-20-17)13-8-4-2-5-9-13/h2,4-5,8-9,14H,3,6-7,10-12H2,1H3,(H,18,19,20). The van der Waals surface area contributed by atoms with Gasteiger partial charge in [0.05, 0.1) is 5.75 Å². The molecule has 0 saturated heterocycles. The van der Waals surface area contributed by atoms with E-state index in [1.807, 2.05) is 42.3 Å². The third-order valence-corrected chi connectivity index (χ3v) is 5.18. The molecule has 1 aliphatic carbocycles. The van der Waals surface area contributed by atoms with Crippen LogP contribution in [0.3, 0.4) is 0 Å². The fourth-order valence-electron chi connectivity index (χ4n) is 2.94. The summed E-state index contributed by atoms with van der Waals surface area (Å²) in [5, 5.41) is 7.74. The predicted molar refractivity (Wildman–Crippen MR) is 92.2 cm³/mol. The third-order valence-electron chi connectivity index (χ3n) is 4.35. The molecular formula is C17H22N4OS. The fraction of sp³-hybridized carbons (Fsp3) is 0.471. The number of nitrogens with zero attached hydrogens (tertiary/aromatic N) is 3. The van der Waals surface area contributed by atoms with Gasteiger partial charge >= 0.3 is 0 Å². The van der Waals surface area contributed by atoms with Crippen LogP contribution in [0.5, 0.6) is 0 Å². The van der Waals surface area contributed by atoms with E-state index in [0.29, 0.717) is 17.0 Å². The molecule has 1 fully saturated rings. The summed E-state index contributed by atoms with van der Waals surface area (Å²) in [7, 11) is 1.92. The lowest BCUT2D eigenvalue weighted by atomic mass is 9.94. The first-order valence-electron chi connectivity index (χ1n) is 8.10. The first kappa shape index (κ1) is 16.1. The van der Waals surface area contributed by atoms with E-state index in [1.165, 1.54) is 31.0 Å². The summed E-state index contributed by atoms with van der Waals surface area (Å²) in [4.78, 5) is 18.7. The first-order chi connectivity index (χ1) is 11.2. The van der Waals surface area contributed by atoms with Crippen LogP contribution in [-0.4, -0.2) is 44.8 Å². The molecule has 1 aromatic carbocycles. The van der Waals surface area contributed by atoms with Gasteiger partial charge in [-0.2, -0.15) is 0 Å². The number of hydrogen-bond acceptors (Lipinski definition) is 4. The minimum atomic E-state index is 0.160. The van der Waals surface area contributed by atoms with E-state index in [1.54, 1.807) is 0 Å². The van der Waals surface area contributed by atoms with Gasteiger partial charge < -0.3 is 4.90 Å². The van der Waals surface area contributed by atoms with Gasteiger partial charge in [-0.3, -0.25) is 9.89 Å². The number of benzene rings is 1. The Kier molecular flexibility index (Phi) is 5.33. The summed E-state index contributed by atoms with van der Waals surface area (Å²) in [6.07, 6.45) is 6.03. The van der Waals surface area contributed by atoms with Gasteiger partial charge in [0.1, 0.15) is 0 Å². The highest BCUT2D eigenvalue weighted by Gasteiger charge is 2.22. The number of thioether (sulfide) groups is 1. The monoisotopic (exact) mass is 330 g/mol. The Morgan fingerprint density at radius 1 is 1.26 bits per heavy atom. The highest BCUT2D eigenvalue weighted by molar-refractivity contribution is 7.99. The Balaban J connectivity index is 1.54. The van der Waals surface area contributed by atoms with Crippen LogP contribution in [0.2, 0.25) is 0 Å². The number of aromatic nitrogens is 3. The number of H-pyrrole nitrogens is 1. The van der Waals surface area contributed by atoms with Gasteiger partial charge in [-0.05, 0) is 12.8 Å². The lowest BCUT2D eigenvalue weighted by molar-refractivity contribution is -0.129. The number of amides is 1. The lowest BCUT2D eigenvalue weighted by Crippen LogP contribution is -2.39. The molecule has 5 nitrogen and oxygen atoms in total. The number of nitrogens with one attached hydrogen (secondary N) is 1. The summed E-state index contributed by atoms with van der Waals surface area (Å²) < 4.78 is 0. The topological polar surface area (TPSA) is 61.9 Å².